The summed E-state index contributed by atoms with van der Waals surface area (Å²) in [5, 5.41) is 11.6. The minimum absolute atomic E-state index is 0.0501. The number of amides is 1. The fourth-order valence-corrected chi connectivity index (χ4v) is 1.19. The molecule has 0 atom stereocenters. The maximum atomic E-state index is 11.3. The lowest BCUT2D eigenvalue weighted by Gasteiger charge is -2.18. The number of hydrogen-bond acceptors (Lipinski definition) is 3. The molecule has 0 saturated heterocycles. The van der Waals surface area contributed by atoms with Crippen molar-refractivity contribution in [1.82, 2.24) is 5.32 Å². The van der Waals surface area contributed by atoms with Crippen LogP contribution in [0.1, 0.15) is 40.0 Å². The van der Waals surface area contributed by atoms with Crippen LogP contribution in [0.2, 0.25) is 0 Å². The van der Waals surface area contributed by atoms with E-state index in [0.717, 1.165) is 0 Å². The first-order valence-corrected chi connectivity index (χ1v) is 5.98. The Bertz CT molecular complexity index is 251. The predicted octanol–water partition coefficient (Wildman–Crippen LogP) is 1.42. The summed E-state index contributed by atoms with van der Waals surface area (Å²) in [5.74, 6) is -0.894. The largest absolute Gasteiger partial charge is 0.481 e. The fourth-order valence-electron chi connectivity index (χ4n) is 1.19. The van der Waals surface area contributed by atoms with Crippen LogP contribution in [-0.2, 0) is 14.3 Å². The molecule has 0 unspecified atom stereocenters. The van der Waals surface area contributed by atoms with E-state index in [9.17, 15) is 9.59 Å². The third-order valence-electron chi connectivity index (χ3n) is 2.55. The zero-order valence-corrected chi connectivity index (χ0v) is 10.9. The molecule has 0 heterocycles. The van der Waals surface area contributed by atoms with Crippen LogP contribution in [-0.4, -0.2) is 36.7 Å². The molecule has 0 rings (SSSR count). The minimum atomic E-state index is -0.844. The summed E-state index contributed by atoms with van der Waals surface area (Å²) in [6.45, 7) is 6.85. The van der Waals surface area contributed by atoms with E-state index >= 15 is 0 Å². The van der Waals surface area contributed by atoms with Crippen molar-refractivity contribution in [2.24, 2.45) is 5.41 Å². The predicted molar refractivity (Wildman–Crippen MR) is 64.8 cm³/mol. The Kier molecular flexibility index (Phi) is 7.54. The molecule has 0 aliphatic heterocycles. The van der Waals surface area contributed by atoms with Gasteiger partial charge >= 0.3 is 5.97 Å². The van der Waals surface area contributed by atoms with E-state index < -0.39 is 11.4 Å². The highest BCUT2D eigenvalue weighted by molar-refractivity contribution is 5.76. The molecule has 0 saturated carbocycles. The fraction of sp³-hybridized carbons (Fsp3) is 0.833. The first kappa shape index (κ1) is 15.9. The molecular weight excluding hydrogens is 222 g/mol. The summed E-state index contributed by atoms with van der Waals surface area (Å²) in [5.41, 5.74) is -0.793. The topological polar surface area (TPSA) is 75.6 Å². The van der Waals surface area contributed by atoms with Gasteiger partial charge in [0.25, 0.3) is 0 Å². The van der Waals surface area contributed by atoms with Crippen molar-refractivity contribution in [2.75, 3.05) is 19.8 Å². The van der Waals surface area contributed by atoms with Crippen LogP contribution in [0.4, 0.5) is 0 Å². The zero-order valence-electron chi connectivity index (χ0n) is 10.9. The third-order valence-corrected chi connectivity index (χ3v) is 2.55. The van der Waals surface area contributed by atoms with E-state index in [0.29, 0.717) is 39.0 Å². The van der Waals surface area contributed by atoms with Gasteiger partial charge < -0.3 is 15.2 Å². The van der Waals surface area contributed by atoms with E-state index in [1.807, 2.05) is 6.92 Å². The lowest BCUT2D eigenvalue weighted by Crippen LogP contribution is -2.31. The molecule has 0 aliphatic rings. The number of carbonyl (C=O) groups is 2. The molecule has 2 N–H and O–H groups in total. The lowest BCUT2D eigenvalue weighted by atomic mass is 9.90. The summed E-state index contributed by atoms with van der Waals surface area (Å²) < 4.78 is 5.12. The molecule has 0 bridgehead atoms. The molecule has 0 aromatic carbocycles. The third kappa shape index (κ3) is 7.74. The summed E-state index contributed by atoms with van der Waals surface area (Å²) in [6, 6.07) is 0. The maximum absolute atomic E-state index is 11.3. The summed E-state index contributed by atoms with van der Waals surface area (Å²) in [7, 11) is 0. The van der Waals surface area contributed by atoms with Crippen molar-refractivity contribution >= 4 is 11.9 Å². The quantitative estimate of drug-likeness (QED) is 0.602. The van der Waals surface area contributed by atoms with Crippen molar-refractivity contribution in [3.8, 4) is 0 Å². The van der Waals surface area contributed by atoms with Crippen molar-refractivity contribution in [1.29, 1.82) is 0 Å². The van der Waals surface area contributed by atoms with Crippen molar-refractivity contribution < 1.29 is 19.4 Å². The molecule has 17 heavy (non-hydrogen) atoms. The van der Waals surface area contributed by atoms with E-state index in [-0.39, 0.29) is 5.91 Å². The highest BCUT2D eigenvalue weighted by Gasteiger charge is 2.26. The number of rotatable bonds is 9. The number of carboxylic acids is 1. The van der Waals surface area contributed by atoms with Crippen molar-refractivity contribution in [3.63, 3.8) is 0 Å². The Hall–Kier alpha value is -1.10. The van der Waals surface area contributed by atoms with Gasteiger partial charge in [-0.1, -0.05) is 0 Å². The molecule has 0 spiro atoms. The number of hydrogen-bond donors (Lipinski definition) is 2. The number of nitrogens with one attached hydrogen (secondary N) is 1. The first-order chi connectivity index (χ1) is 7.90. The highest BCUT2D eigenvalue weighted by atomic mass is 16.5. The standard InChI is InChI=1S/C12H23NO4/c1-4-17-9-5-6-10(14)13-8-7-12(2,3)11(15)16/h4-9H2,1-3H3,(H,13,14)(H,15,16). The maximum Gasteiger partial charge on any atom is 0.309 e. The molecule has 5 heteroatoms. The zero-order chi connectivity index (χ0) is 13.3. The second-order valence-corrected chi connectivity index (χ2v) is 4.59. The van der Waals surface area contributed by atoms with Crippen LogP contribution >= 0.6 is 0 Å². The molecule has 100 valence electrons. The Morgan fingerprint density at radius 2 is 2.00 bits per heavy atom. The highest BCUT2D eigenvalue weighted by Crippen LogP contribution is 2.19. The molecule has 0 radical (unpaired) electrons. The Balaban J connectivity index is 3.61. The monoisotopic (exact) mass is 245 g/mol. The molecule has 1 amide bonds. The first-order valence-electron chi connectivity index (χ1n) is 5.98. The molecule has 0 aromatic heterocycles. The van der Waals surface area contributed by atoms with Gasteiger partial charge in [0.05, 0.1) is 5.41 Å². The summed E-state index contributed by atoms with van der Waals surface area (Å²) in [4.78, 5) is 22.2. The van der Waals surface area contributed by atoms with Gasteiger partial charge in [-0.25, -0.2) is 0 Å². The number of ether oxygens (including phenoxy) is 1. The van der Waals surface area contributed by atoms with Gasteiger partial charge in [-0.15, -0.1) is 0 Å². The minimum Gasteiger partial charge on any atom is -0.481 e. The molecule has 0 aromatic rings. The van der Waals surface area contributed by atoms with Gasteiger partial charge in [0.15, 0.2) is 0 Å². The van der Waals surface area contributed by atoms with E-state index in [2.05, 4.69) is 5.32 Å². The van der Waals surface area contributed by atoms with Crippen LogP contribution in [0.15, 0.2) is 0 Å². The molecule has 0 fully saturated rings. The van der Waals surface area contributed by atoms with Gasteiger partial charge in [-0.3, -0.25) is 9.59 Å². The normalized spacial score (nSPS) is 11.2. The van der Waals surface area contributed by atoms with Crippen LogP contribution in [0.3, 0.4) is 0 Å². The van der Waals surface area contributed by atoms with Gasteiger partial charge in [0.1, 0.15) is 0 Å². The van der Waals surface area contributed by atoms with Crippen molar-refractivity contribution in [2.45, 2.75) is 40.0 Å². The number of aliphatic carboxylic acids is 1. The average molecular weight is 245 g/mol. The second-order valence-electron chi connectivity index (χ2n) is 4.59. The Morgan fingerprint density at radius 3 is 2.53 bits per heavy atom. The summed E-state index contributed by atoms with van der Waals surface area (Å²) >= 11 is 0. The molecule has 0 aliphatic carbocycles. The van der Waals surface area contributed by atoms with Gasteiger partial charge in [-0.05, 0) is 33.6 Å². The average Bonchev–Trinajstić information content (AvgIpc) is 2.24. The van der Waals surface area contributed by atoms with Crippen molar-refractivity contribution in [3.05, 3.63) is 0 Å². The number of carboxylic acid groups (broad SMARTS) is 1. The Labute approximate surface area is 103 Å². The SMILES string of the molecule is CCOCCCC(=O)NCCC(C)(C)C(=O)O. The van der Waals surface area contributed by atoms with Crippen LogP contribution in [0, 0.1) is 5.41 Å². The molecule has 5 nitrogen and oxygen atoms in total. The van der Waals surface area contributed by atoms with Crippen LogP contribution < -0.4 is 5.32 Å². The van der Waals surface area contributed by atoms with Gasteiger partial charge in [0, 0.05) is 26.2 Å². The van der Waals surface area contributed by atoms with Crippen LogP contribution in [0.5, 0.6) is 0 Å². The second kappa shape index (κ2) is 8.06. The Morgan fingerprint density at radius 1 is 1.35 bits per heavy atom. The number of carbonyl (C=O) groups excluding carboxylic acids is 1. The van der Waals surface area contributed by atoms with E-state index in [4.69, 9.17) is 9.84 Å². The molecular formula is C12H23NO4. The summed E-state index contributed by atoms with van der Waals surface area (Å²) in [6.07, 6.45) is 1.55. The lowest BCUT2D eigenvalue weighted by molar-refractivity contribution is -0.147. The van der Waals surface area contributed by atoms with Crippen LogP contribution in [0.25, 0.3) is 0 Å². The van der Waals surface area contributed by atoms with E-state index in [1.165, 1.54) is 0 Å². The van der Waals surface area contributed by atoms with Gasteiger partial charge in [0.2, 0.25) is 5.91 Å². The van der Waals surface area contributed by atoms with Gasteiger partial charge in [-0.2, -0.15) is 0 Å². The van der Waals surface area contributed by atoms with E-state index in [1.54, 1.807) is 13.8 Å². The smallest absolute Gasteiger partial charge is 0.309 e.